The number of carbonyl (C=O) groups excluding carboxylic acids is 1. The molecule has 1 saturated heterocycles. The van der Waals surface area contributed by atoms with Gasteiger partial charge in [0.05, 0.1) is 4.92 Å². The monoisotopic (exact) mass is 263 g/mol. The van der Waals surface area contributed by atoms with Crippen molar-refractivity contribution in [1.29, 1.82) is 0 Å². The third-order valence-corrected chi connectivity index (χ3v) is 3.30. The average molecular weight is 263 g/mol. The molecule has 19 heavy (non-hydrogen) atoms. The van der Waals surface area contributed by atoms with Crippen molar-refractivity contribution in [2.24, 2.45) is 0 Å². The lowest BCUT2D eigenvalue weighted by atomic mass is 10.2. The second-order valence-electron chi connectivity index (χ2n) is 4.60. The smallest absolute Gasteiger partial charge is 0.292 e. The van der Waals surface area contributed by atoms with E-state index in [2.05, 4.69) is 5.32 Å². The Bertz CT molecular complexity index is 490. The van der Waals surface area contributed by atoms with Crippen LogP contribution < -0.4 is 5.32 Å². The molecule has 1 aromatic rings. The van der Waals surface area contributed by atoms with Crippen LogP contribution in [-0.2, 0) is 4.79 Å². The van der Waals surface area contributed by atoms with Crippen molar-refractivity contribution < 1.29 is 9.72 Å². The molecule has 1 fully saturated rings. The molecule has 6 nitrogen and oxygen atoms in total. The highest BCUT2D eigenvalue weighted by atomic mass is 16.6. The molecule has 1 heterocycles. The first-order valence-corrected chi connectivity index (χ1v) is 6.39. The maximum Gasteiger partial charge on any atom is 0.292 e. The van der Waals surface area contributed by atoms with Crippen LogP contribution in [0.5, 0.6) is 0 Å². The number of nitrogens with one attached hydrogen (secondary N) is 1. The lowest BCUT2D eigenvalue weighted by molar-refractivity contribution is -0.384. The lowest BCUT2D eigenvalue weighted by Gasteiger charge is -2.17. The Labute approximate surface area is 111 Å². The number of nitro groups is 1. The molecule has 1 aliphatic heterocycles. The molecule has 1 aliphatic rings. The molecule has 0 aromatic heterocycles. The summed E-state index contributed by atoms with van der Waals surface area (Å²) in [6.45, 7) is 3.16. The Morgan fingerprint density at radius 2 is 2.26 bits per heavy atom. The van der Waals surface area contributed by atoms with Crippen molar-refractivity contribution in [3.63, 3.8) is 0 Å². The maximum atomic E-state index is 11.6. The first-order chi connectivity index (χ1) is 9.11. The molecule has 0 bridgehead atoms. The zero-order valence-corrected chi connectivity index (χ0v) is 10.8. The topological polar surface area (TPSA) is 75.5 Å². The Balaban J connectivity index is 2.03. The van der Waals surface area contributed by atoms with E-state index in [9.17, 15) is 14.9 Å². The van der Waals surface area contributed by atoms with Gasteiger partial charge in [0, 0.05) is 31.6 Å². The van der Waals surface area contributed by atoms with Gasteiger partial charge < -0.3 is 10.2 Å². The summed E-state index contributed by atoms with van der Waals surface area (Å²) in [5.41, 5.74) is 0.589. The number of nitrogens with zero attached hydrogens (tertiary/aromatic N) is 2. The van der Waals surface area contributed by atoms with Gasteiger partial charge in [0.2, 0.25) is 5.91 Å². The maximum absolute atomic E-state index is 11.6. The summed E-state index contributed by atoms with van der Waals surface area (Å²) in [5, 5.41) is 14.1. The van der Waals surface area contributed by atoms with E-state index in [4.69, 9.17) is 0 Å². The first kappa shape index (κ1) is 13.3. The lowest BCUT2D eigenvalue weighted by Crippen LogP contribution is -2.31. The van der Waals surface area contributed by atoms with Gasteiger partial charge in [-0.2, -0.15) is 0 Å². The molecule has 0 spiro atoms. The highest BCUT2D eigenvalue weighted by Crippen LogP contribution is 2.25. The van der Waals surface area contributed by atoms with Crippen LogP contribution in [0, 0.1) is 10.1 Å². The molecule has 0 saturated carbocycles. The number of amides is 1. The largest absolute Gasteiger partial charge is 0.375 e. The van der Waals surface area contributed by atoms with E-state index in [1.165, 1.54) is 6.07 Å². The molecule has 2 rings (SSSR count). The zero-order chi connectivity index (χ0) is 13.8. The fourth-order valence-electron chi connectivity index (χ4n) is 2.30. The van der Waals surface area contributed by atoms with E-state index in [1.807, 2.05) is 6.92 Å². The molecule has 1 unspecified atom stereocenters. The predicted molar refractivity (Wildman–Crippen MR) is 72.0 cm³/mol. The molecule has 1 atom stereocenters. The van der Waals surface area contributed by atoms with Crippen molar-refractivity contribution in [2.45, 2.75) is 25.8 Å². The van der Waals surface area contributed by atoms with Crippen LogP contribution >= 0.6 is 0 Å². The van der Waals surface area contributed by atoms with Crippen LogP contribution in [0.15, 0.2) is 24.3 Å². The van der Waals surface area contributed by atoms with Gasteiger partial charge in [-0.3, -0.25) is 14.9 Å². The minimum absolute atomic E-state index is 0.0720. The normalized spacial score (nSPS) is 18.4. The number of para-hydroxylation sites is 2. The van der Waals surface area contributed by atoms with Crippen molar-refractivity contribution in [3.8, 4) is 0 Å². The Morgan fingerprint density at radius 1 is 1.53 bits per heavy atom. The van der Waals surface area contributed by atoms with E-state index >= 15 is 0 Å². The zero-order valence-electron chi connectivity index (χ0n) is 10.8. The number of hydrogen-bond donors (Lipinski definition) is 1. The van der Waals surface area contributed by atoms with E-state index in [-0.39, 0.29) is 17.6 Å². The molecule has 102 valence electrons. The van der Waals surface area contributed by atoms with Crippen LogP contribution in [0.25, 0.3) is 0 Å². The number of hydrogen-bond acceptors (Lipinski definition) is 4. The number of anilines is 1. The molecule has 6 heteroatoms. The second kappa shape index (κ2) is 5.69. The number of nitro benzene ring substituents is 1. The van der Waals surface area contributed by atoms with Crippen LogP contribution in [0.2, 0.25) is 0 Å². The number of likely N-dealkylation sites (tertiary alicyclic amines) is 1. The Morgan fingerprint density at radius 3 is 2.95 bits per heavy atom. The first-order valence-electron chi connectivity index (χ1n) is 6.39. The van der Waals surface area contributed by atoms with Crippen molar-refractivity contribution in [2.75, 3.05) is 18.4 Å². The minimum atomic E-state index is -0.397. The van der Waals surface area contributed by atoms with Gasteiger partial charge in [-0.05, 0) is 12.5 Å². The average Bonchev–Trinajstić information content (AvgIpc) is 2.86. The summed E-state index contributed by atoms with van der Waals surface area (Å²) < 4.78 is 0. The number of carbonyl (C=O) groups is 1. The van der Waals surface area contributed by atoms with Crippen LogP contribution in [0.4, 0.5) is 11.4 Å². The van der Waals surface area contributed by atoms with Gasteiger partial charge in [0.1, 0.15) is 5.69 Å². The van der Waals surface area contributed by atoms with E-state index in [1.54, 1.807) is 23.1 Å². The van der Waals surface area contributed by atoms with Crippen molar-refractivity contribution in [1.82, 2.24) is 4.90 Å². The van der Waals surface area contributed by atoms with Crippen LogP contribution in [0.1, 0.15) is 19.8 Å². The fraction of sp³-hybridized carbons (Fsp3) is 0.462. The van der Waals surface area contributed by atoms with Gasteiger partial charge in [0.25, 0.3) is 5.69 Å². The SMILES string of the molecule is CCC(=O)N1CCC(Nc2ccccc2[N+](=O)[O-])C1. The molecule has 1 amide bonds. The Kier molecular flexibility index (Phi) is 3.99. The summed E-state index contributed by atoms with van der Waals surface area (Å²) in [6, 6.07) is 6.66. The van der Waals surface area contributed by atoms with E-state index in [0.29, 0.717) is 25.2 Å². The van der Waals surface area contributed by atoms with Gasteiger partial charge in [-0.15, -0.1) is 0 Å². The van der Waals surface area contributed by atoms with E-state index < -0.39 is 4.92 Å². The Hall–Kier alpha value is -2.11. The summed E-state index contributed by atoms with van der Waals surface area (Å²) in [5.74, 6) is 0.131. The van der Waals surface area contributed by atoms with Gasteiger partial charge in [-0.1, -0.05) is 19.1 Å². The molecule has 0 radical (unpaired) electrons. The standard InChI is InChI=1S/C13H17N3O3/c1-2-13(17)15-8-7-10(9-15)14-11-5-3-4-6-12(11)16(18)19/h3-6,10,14H,2,7-9H2,1H3. The fourth-order valence-corrected chi connectivity index (χ4v) is 2.30. The number of benzene rings is 1. The quantitative estimate of drug-likeness (QED) is 0.666. The molecular formula is C13H17N3O3. The highest BCUT2D eigenvalue weighted by Gasteiger charge is 2.26. The van der Waals surface area contributed by atoms with Crippen molar-refractivity contribution >= 4 is 17.3 Å². The van der Waals surface area contributed by atoms with Crippen LogP contribution in [0.3, 0.4) is 0 Å². The summed E-state index contributed by atoms with van der Waals surface area (Å²) >= 11 is 0. The highest BCUT2D eigenvalue weighted by molar-refractivity contribution is 5.76. The predicted octanol–water partition coefficient (Wildman–Crippen LogP) is 2.02. The van der Waals surface area contributed by atoms with Gasteiger partial charge in [-0.25, -0.2) is 0 Å². The molecule has 0 aliphatic carbocycles. The second-order valence-corrected chi connectivity index (χ2v) is 4.60. The van der Waals surface area contributed by atoms with Gasteiger partial charge >= 0.3 is 0 Å². The van der Waals surface area contributed by atoms with Crippen molar-refractivity contribution in [3.05, 3.63) is 34.4 Å². The molecule has 1 N–H and O–H groups in total. The van der Waals surface area contributed by atoms with Crippen LogP contribution in [-0.4, -0.2) is 34.9 Å². The van der Waals surface area contributed by atoms with Gasteiger partial charge in [0.15, 0.2) is 0 Å². The molecular weight excluding hydrogens is 246 g/mol. The third kappa shape index (κ3) is 3.01. The van der Waals surface area contributed by atoms with E-state index in [0.717, 1.165) is 6.42 Å². The summed E-state index contributed by atoms with van der Waals surface area (Å²) in [6.07, 6.45) is 1.32. The minimum Gasteiger partial charge on any atom is -0.375 e. The summed E-state index contributed by atoms with van der Waals surface area (Å²) in [4.78, 5) is 23.9. The third-order valence-electron chi connectivity index (χ3n) is 3.30. The number of rotatable bonds is 4. The summed E-state index contributed by atoms with van der Waals surface area (Å²) in [7, 11) is 0. The molecule has 1 aromatic carbocycles.